The Balaban J connectivity index is 2.27. The minimum absolute atomic E-state index is 0.0166. The maximum atomic E-state index is 11.7. The van der Waals surface area contributed by atoms with Crippen molar-refractivity contribution in [1.82, 2.24) is 15.0 Å². The number of hydrogen-bond acceptors (Lipinski definition) is 5. The fourth-order valence-electron chi connectivity index (χ4n) is 1.53. The Hall–Kier alpha value is -0.590. The molecule has 0 spiro atoms. The number of anilines is 1. The average Bonchev–Trinajstić information content (AvgIpc) is 2.58. The fourth-order valence-corrected chi connectivity index (χ4v) is 2.13. The number of amides is 1. The third-order valence-electron chi connectivity index (χ3n) is 2.27. The van der Waals surface area contributed by atoms with E-state index in [2.05, 4.69) is 27.6 Å². The number of aromatic nitrogens is 3. The van der Waals surface area contributed by atoms with Crippen LogP contribution in [0.3, 0.4) is 0 Å². The van der Waals surface area contributed by atoms with Crippen molar-refractivity contribution in [2.75, 3.05) is 17.2 Å². The molecule has 2 heterocycles. The maximum Gasteiger partial charge on any atom is 0.237 e. The summed E-state index contributed by atoms with van der Waals surface area (Å²) in [5, 5.41) is -0.0331. The smallest absolute Gasteiger partial charge is 0.237 e. The van der Waals surface area contributed by atoms with Crippen LogP contribution in [-0.4, -0.2) is 33.2 Å². The lowest BCUT2D eigenvalue weighted by Crippen LogP contribution is -2.27. The minimum atomic E-state index is -0.0441. The molecule has 0 aliphatic carbocycles. The quantitative estimate of drug-likeness (QED) is 0.833. The predicted octanol–water partition coefficient (Wildman–Crippen LogP) is 1.46. The zero-order valence-corrected chi connectivity index (χ0v) is 10.5. The molecule has 1 saturated heterocycles. The molecule has 0 bridgehead atoms. The van der Waals surface area contributed by atoms with Crippen molar-refractivity contribution in [3.8, 4) is 0 Å². The van der Waals surface area contributed by atoms with E-state index in [4.69, 9.17) is 23.2 Å². The van der Waals surface area contributed by atoms with E-state index in [9.17, 15) is 4.79 Å². The number of halogens is 2. The van der Waals surface area contributed by atoms with Crippen LogP contribution in [0.25, 0.3) is 0 Å². The Kier molecular flexibility index (Phi) is 3.51. The van der Waals surface area contributed by atoms with Crippen LogP contribution in [0.2, 0.25) is 10.6 Å². The zero-order chi connectivity index (χ0) is 11.7. The van der Waals surface area contributed by atoms with Gasteiger partial charge in [-0.2, -0.15) is 27.6 Å². The van der Waals surface area contributed by atoms with E-state index in [1.165, 1.54) is 4.90 Å². The lowest BCUT2D eigenvalue weighted by molar-refractivity contribution is -0.117. The maximum absolute atomic E-state index is 11.7. The molecule has 8 heteroatoms. The summed E-state index contributed by atoms with van der Waals surface area (Å²) in [7, 11) is 0. The lowest BCUT2D eigenvalue weighted by atomic mass is 10.1. The first-order chi connectivity index (χ1) is 7.60. The van der Waals surface area contributed by atoms with Crippen LogP contribution in [0, 0.1) is 5.92 Å². The number of carbonyl (C=O) groups is 1. The fraction of sp³-hybridized carbons (Fsp3) is 0.500. The number of rotatable bonds is 2. The van der Waals surface area contributed by atoms with E-state index >= 15 is 0 Å². The molecular weight excluding hydrogens is 271 g/mol. The van der Waals surface area contributed by atoms with E-state index in [-0.39, 0.29) is 28.3 Å². The topological polar surface area (TPSA) is 59.0 Å². The van der Waals surface area contributed by atoms with Gasteiger partial charge >= 0.3 is 0 Å². The Labute approximate surface area is 108 Å². The second-order valence-electron chi connectivity index (χ2n) is 3.43. The number of thiol groups is 1. The zero-order valence-electron chi connectivity index (χ0n) is 8.10. The average molecular weight is 279 g/mol. The highest BCUT2D eigenvalue weighted by Gasteiger charge is 2.31. The van der Waals surface area contributed by atoms with Crippen molar-refractivity contribution in [3.05, 3.63) is 10.6 Å². The van der Waals surface area contributed by atoms with Crippen molar-refractivity contribution < 1.29 is 4.79 Å². The van der Waals surface area contributed by atoms with Gasteiger partial charge in [0, 0.05) is 13.0 Å². The van der Waals surface area contributed by atoms with Gasteiger partial charge in [0.2, 0.25) is 22.4 Å². The second-order valence-corrected chi connectivity index (χ2v) is 4.47. The first-order valence-corrected chi connectivity index (χ1v) is 5.97. The molecule has 1 aromatic rings. The monoisotopic (exact) mass is 278 g/mol. The van der Waals surface area contributed by atoms with E-state index in [1.54, 1.807) is 0 Å². The lowest BCUT2D eigenvalue weighted by Gasteiger charge is -2.13. The Morgan fingerprint density at radius 3 is 2.44 bits per heavy atom. The second kappa shape index (κ2) is 4.73. The first-order valence-electron chi connectivity index (χ1n) is 4.58. The van der Waals surface area contributed by atoms with Gasteiger partial charge in [-0.15, -0.1) is 0 Å². The highest BCUT2D eigenvalue weighted by molar-refractivity contribution is 7.80. The summed E-state index contributed by atoms with van der Waals surface area (Å²) >= 11 is 15.5. The number of nitrogens with zero attached hydrogens (tertiary/aromatic N) is 4. The molecule has 1 aliphatic heterocycles. The molecule has 16 heavy (non-hydrogen) atoms. The largest absolute Gasteiger partial charge is 0.280 e. The van der Waals surface area contributed by atoms with Crippen molar-refractivity contribution in [3.63, 3.8) is 0 Å². The van der Waals surface area contributed by atoms with E-state index in [0.717, 1.165) is 0 Å². The normalized spacial score (nSPS) is 20.6. The van der Waals surface area contributed by atoms with Crippen molar-refractivity contribution in [2.45, 2.75) is 6.42 Å². The molecule has 0 radical (unpaired) electrons. The van der Waals surface area contributed by atoms with Crippen LogP contribution in [0.15, 0.2) is 0 Å². The summed E-state index contributed by atoms with van der Waals surface area (Å²) in [6, 6.07) is 0. The van der Waals surface area contributed by atoms with E-state index in [1.807, 2.05) is 0 Å². The highest BCUT2D eigenvalue weighted by Crippen LogP contribution is 2.24. The number of carbonyl (C=O) groups excluding carboxylic acids is 1. The Bertz CT molecular complexity index is 410. The predicted molar refractivity (Wildman–Crippen MR) is 64.2 cm³/mol. The molecule has 1 atom stereocenters. The molecule has 0 N–H and O–H groups in total. The summed E-state index contributed by atoms with van der Waals surface area (Å²) < 4.78 is 0. The summed E-state index contributed by atoms with van der Waals surface area (Å²) in [6.07, 6.45) is 0.449. The SMILES string of the molecule is O=C1CC(CS)CN1c1nc(Cl)nc(Cl)n1. The summed E-state index contributed by atoms with van der Waals surface area (Å²) in [4.78, 5) is 24.5. The van der Waals surface area contributed by atoms with Crippen LogP contribution in [0.1, 0.15) is 6.42 Å². The molecule has 1 aromatic heterocycles. The van der Waals surface area contributed by atoms with Crippen LogP contribution in [0.4, 0.5) is 5.95 Å². The highest BCUT2D eigenvalue weighted by atomic mass is 35.5. The van der Waals surface area contributed by atoms with Gasteiger partial charge in [0.1, 0.15) is 0 Å². The van der Waals surface area contributed by atoms with Crippen molar-refractivity contribution in [2.24, 2.45) is 5.92 Å². The molecule has 2 rings (SSSR count). The molecule has 1 unspecified atom stereocenters. The molecule has 1 amide bonds. The van der Waals surface area contributed by atoms with Gasteiger partial charge in [0.25, 0.3) is 0 Å². The van der Waals surface area contributed by atoms with Gasteiger partial charge in [-0.1, -0.05) is 0 Å². The van der Waals surface area contributed by atoms with Crippen molar-refractivity contribution >= 4 is 47.7 Å². The van der Waals surface area contributed by atoms with Gasteiger partial charge < -0.3 is 0 Å². The van der Waals surface area contributed by atoms with Crippen molar-refractivity contribution in [1.29, 1.82) is 0 Å². The Morgan fingerprint density at radius 2 is 1.94 bits per heavy atom. The van der Waals surface area contributed by atoms with Crippen LogP contribution < -0.4 is 4.90 Å². The van der Waals surface area contributed by atoms with Gasteiger partial charge in [0.15, 0.2) is 0 Å². The van der Waals surface area contributed by atoms with Gasteiger partial charge in [-0.3, -0.25) is 9.69 Å². The third kappa shape index (κ3) is 2.39. The minimum Gasteiger partial charge on any atom is -0.280 e. The van der Waals surface area contributed by atoms with E-state index < -0.39 is 0 Å². The standard InChI is InChI=1S/C8H8Cl2N4OS/c9-6-11-7(10)13-8(12-6)14-2-4(3-16)1-5(14)15/h4,16H,1-3H2. The number of hydrogen-bond donors (Lipinski definition) is 1. The van der Waals surface area contributed by atoms with Gasteiger partial charge in [-0.05, 0) is 34.9 Å². The van der Waals surface area contributed by atoms with Gasteiger partial charge in [-0.25, -0.2) is 0 Å². The van der Waals surface area contributed by atoms with Crippen LogP contribution >= 0.6 is 35.8 Å². The molecule has 0 aromatic carbocycles. The summed E-state index contributed by atoms with van der Waals surface area (Å²) in [5.74, 6) is 1.02. The summed E-state index contributed by atoms with van der Waals surface area (Å²) in [6.45, 7) is 0.541. The molecule has 86 valence electrons. The van der Waals surface area contributed by atoms with Crippen LogP contribution in [0.5, 0.6) is 0 Å². The Morgan fingerprint density at radius 1 is 1.31 bits per heavy atom. The third-order valence-corrected chi connectivity index (χ3v) is 3.13. The molecule has 1 aliphatic rings. The molecule has 1 fully saturated rings. The molecular formula is C8H8Cl2N4OS. The first kappa shape index (κ1) is 11.9. The summed E-state index contributed by atoms with van der Waals surface area (Å²) in [5.41, 5.74) is 0. The van der Waals surface area contributed by atoms with Crippen LogP contribution in [-0.2, 0) is 4.79 Å². The van der Waals surface area contributed by atoms with Gasteiger partial charge in [0.05, 0.1) is 0 Å². The molecule has 5 nitrogen and oxygen atoms in total. The van der Waals surface area contributed by atoms with E-state index in [0.29, 0.717) is 18.7 Å². The molecule has 0 saturated carbocycles.